The van der Waals surface area contributed by atoms with Crippen LogP contribution in [0.25, 0.3) is 0 Å². The van der Waals surface area contributed by atoms with E-state index in [1.807, 2.05) is 6.08 Å². The van der Waals surface area contributed by atoms with Gasteiger partial charge in [0.15, 0.2) is 0 Å². The topological polar surface area (TPSA) is 113 Å². The fraction of sp³-hybridized carbons (Fsp3) is 0.871. The maximum Gasteiger partial charge on any atom is 0.303 e. The van der Waals surface area contributed by atoms with Gasteiger partial charge < -0.3 is 24.8 Å². The van der Waals surface area contributed by atoms with E-state index in [1.54, 1.807) is 0 Å². The van der Waals surface area contributed by atoms with Crippen LogP contribution < -0.4 is 0 Å². The summed E-state index contributed by atoms with van der Waals surface area (Å²) in [4.78, 5) is 24.3. The van der Waals surface area contributed by atoms with Crippen LogP contribution in [0.1, 0.15) is 93.4 Å². The number of hydrogen-bond acceptors (Lipinski definition) is 7. The zero-order valence-electron chi connectivity index (χ0n) is 24.4. The van der Waals surface area contributed by atoms with E-state index in [4.69, 9.17) is 9.47 Å². The van der Waals surface area contributed by atoms with Crippen LogP contribution >= 0.6 is 0 Å². The van der Waals surface area contributed by atoms with Crippen molar-refractivity contribution in [3.05, 3.63) is 11.6 Å². The smallest absolute Gasteiger partial charge is 0.303 e. The number of fused-ring (bicyclic) bond motifs is 5. The van der Waals surface area contributed by atoms with Crippen molar-refractivity contribution in [2.24, 2.45) is 46.3 Å². The minimum Gasteiger partial charge on any atom is -0.459 e. The summed E-state index contributed by atoms with van der Waals surface area (Å²) in [6.45, 7) is 13.6. The molecule has 0 radical (unpaired) electrons. The van der Waals surface area contributed by atoms with Crippen molar-refractivity contribution in [3.63, 3.8) is 0 Å². The van der Waals surface area contributed by atoms with Crippen molar-refractivity contribution in [2.45, 2.75) is 124 Å². The first kappa shape index (κ1) is 29.5. The Labute approximate surface area is 228 Å². The van der Waals surface area contributed by atoms with E-state index in [9.17, 15) is 24.9 Å². The molecule has 4 rings (SSSR count). The number of aliphatic hydroxyl groups excluding tert-OH is 3. The molecule has 0 saturated heterocycles. The summed E-state index contributed by atoms with van der Waals surface area (Å²) in [6, 6.07) is 0. The van der Waals surface area contributed by atoms with E-state index in [2.05, 4.69) is 34.6 Å². The molecule has 4 aliphatic carbocycles. The summed E-state index contributed by atoms with van der Waals surface area (Å²) in [6.07, 6.45) is 4.25. The van der Waals surface area contributed by atoms with Gasteiger partial charge in [0.1, 0.15) is 12.2 Å². The number of carbonyl (C=O) groups excluding carboxylic acids is 2. The molecule has 0 aromatic heterocycles. The van der Waals surface area contributed by atoms with E-state index in [1.165, 1.54) is 13.8 Å². The highest BCUT2D eigenvalue weighted by Gasteiger charge is 2.65. The van der Waals surface area contributed by atoms with Crippen molar-refractivity contribution < 1.29 is 34.4 Å². The Kier molecular flexibility index (Phi) is 8.44. The lowest BCUT2D eigenvalue weighted by molar-refractivity contribution is -0.202. The maximum absolute atomic E-state index is 12.2. The van der Waals surface area contributed by atoms with Gasteiger partial charge in [-0.2, -0.15) is 0 Å². The van der Waals surface area contributed by atoms with E-state index < -0.39 is 47.7 Å². The summed E-state index contributed by atoms with van der Waals surface area (Å²) in [5, 5.41) is 33.8. The molecule has 7 nitrogen and oxygen atoms in total. The fourth-order valence-electron chi connectivity index (χ4n) is 9.32. The molecule has 0 unspecified atom stereocenters. The first-order valence-electron chi connectivity index (χ1n) is 14.8. The predicted molar refractivity (Wildman–Crippen MR) is 144 cm³/mol. The minimum atomic E-state index is -0.847. The van der Waals surface area contributed by atoms with E-state index >= 15 is 0 Å². The lowest BCUT2D eigenvalue weighted by Crippen LogP contribution is -2.63. The molecule has 0 bridgehead atoms. The molecule has 0 aromatic carbocycles. The van der Waals surface area contributed by atoms with Crippen LogP contribution in [-0.4, -0.2) is 57.8 Å². The molecule has 7 heteroatoms. The van der Waals surface area contributed by atoms with Gasteiger partial charge in [0.05, 0.1) is 18.3 Å². The van der Waals surface area contributed by atoms with Crippen LogP contribution in [0.4, 0.5) is 0 Å². The zero-order valence-corrected chi connectivity index (χ0v) is 24.4. The molecule has 3 saturated carbocycles. The predicted octanol–water partition coefficient (Wildman–Crippen LogP) is 4.41. The second kappa shape index (κ2) is 10.9. The van der Waals surface area contributed by atoms with Crippen LogP contribution in [0, 0.1) is 46.3 Å². The Morgan fingerprint density at radius 3 is 2.24 bits per heavy atom. The molecule has 4 aliphatic rings. The standard InChI is InChI=1S/C31H50O7/c1-16(2)8-11-23(34)17(3)21-9-10-22-20-14-26(37-18(4)32)28-29(38-19(5)33)24(35)12-13-30(28,6)27(20)25(36)15-31(21,22)7/h14,16-17,21-29,34-36H,8-13,15H2,1-7H3/t17-,21+,22-,23+,24-,25+,26+,27+,28-,29-,30+,31+/m0/s1. The van der Waals surface area contributed by atoms with Crippen molar-refractivity contribution in [2.75, 3.05) is 0 Å². The Balaban J connectivity index is 1.72. The van der Waals surface area contributed by atoms with Crippen LogP contribution in [-0.2, 0) is 19.1 Å². The summed E-state index contributed by atoms with van der Waals surface area (Å²) >= 11 is 0. The Hall–Kier alpha value is -1.44. The highest BCUT2D eigenvalue weighted by molar-refractivity contribution is 5.67. The normalized spacial score (nSPS) is 43.8. The van der Waals surface area contributed by atoms with Gasteiger partial charge in [-0.15, -0.1) is 0 Å². The summed E-state index contributed by atoms with van der Waals surface area (Å²) in [5.41, 5.74) is 0.471. The highest BCUT2D eigenvalue weighted by Crippen LogP contribution is 2.67. The van der Waals surface area contributed by atoms with Gasteiger partial charge >= 0.3 is 11.9 Å². The molecule has 0 aliphatic heterocycles. The zero-order chi connectivity index (χ0) is 28.2. The molecule has 0 spiro atoms. The molecule has 12 atom stereocenters. The van der Waals surface area contributed by atoms with Crippen molar-refractivity contribution >= 4 is 11.9 Å². The lowest BCUT2D eigenvalue weighted by Gasteiger charge is -2.61. The first-order valence-corrected chi connectivity index (χ1v) is 14.8. The monoisotopic (exact) mass is 534 g/mol. The van der Waals surface area contributed by atoms with Crippen molar-refractivity contribution in [1.82, 2.24) is 0 Å². The molecular weight excluding hydrogens is 484 g/mol. The summed E-state index contributed by atoms with van der Waals surface area (Å²) in [7, 11) is 0. The van der Waals surface area contributed by atoms with Crippen molar-refractivity contribution in [3.8, 4) is 0 Å². The van der Waals surface area contributed by atoms with E-state index in [0.29, 0.717) is 25.2 Å². The maximum atomic E-state index is 12.2. The number of aliphatic hydroxyl groups is 3. The molecule has 0 heterocycles. The van der Waals surface area contributed by atoms with Gasteiger partial charge in [0.2, 0.25) is 0 Å². The molecular formula is C31H50O7. The number of ether oxygens (including phenoxy) is 2. The van der Waals surface area contributed by atoms with E-state index in [-0.39, 0.29) is 35.2 Å². The number of hydrogen-bond donors (Lipinski definition) is 3. The third kappa shape index (κ3) is 5.08. The third-order valence-corrected chi connectivity index (χ3v) is 11.0. The quantitative estimate of drug-likeness (QED) is 0.327. The molecule has 0 amide bonds. The Morgan fingerprint density at radius 2 is 1.63 bits per heavy atom. The number of carbonyl (C=O) groups is 2. The molecule has 3 N–H and O–H groups in total. The number of esters is 2. The van der Waals surface area contributed by atoms with Crippen molar-refractivity contribution in [1.29, 1.82) is 0 Å². The van der Waals surface area contributed by atoms with E-state index in [0.717, 1.165) is 31.3 Å². The van der Waals surface area contributed by atoms with Crippen LogP contribution in [0.3, 0.4) is 0 Å². The van der Waals surface area contributed by atoms with Gasteiger partial charge in [-0.05, 0) is 85.5 Å². The molecule has 3 fully saturated rings. The average Bonchev–Trinajstić information content (AvgIpc) is 3.14. The SMILES string of the molecule is CC(=O)O[C@@H]1[C@@H]2[C@H](OC(C)=O)C=C3[C@H]([C@H](O)C[C@]4(C)[C@@H]([C@H](C)[C@H](O)CCC(C)C)CC[C@@H]34)[C@@]2(C)CC[C@@H]1O. The second-order valence-electron chi connectivity index (χ2n) is 13.8. The van der Waals surface area contributed by atoms with Crippen LogP contribution in [0.2, 0.25) is 0 Å². The van der Waals surface area contributed by atoms with Gasteiger partial charge in [-0.1, -0.05) is 40.2 Å². The van der Waals surface area contributed by atoms with Crippen LogP contribution in [0.5, 0.6) is 0 Å². The van der Waals surface area contributed by atoms with Gasteiger partial charge in [0.25, 0.3) is 0 Å². The third-order valence-electron chi connectivity index (χ3n) is 11.0. The second-order valence-corrected chi connectivity index (χ2v) is 13.8. The summed E-state index contributed by atoms with van der Waals surface area (Å²) in [5.74, 6) is -0.327. The van der Waals surface area contributed by atoms with Crippen LogP contribution in [0.15, 0.2) is 11.6 Å². The molecule has 216 valence electrons. The minimum absolute atomic E-state index is 0.127. The van der Waals surface area contributed by atoms with Gasteiger partial charge in [-0.3, -0.25) is 9.59 Å². The van der Waals surface area contributed by atoms with Gasteiger partial charge in [0, 0.05) is 25.7 Å². The lowest BCUT2D eigenvalue weighted by atomic mass is 9.45. The molecule has 0 aromatic rings. The summed E-state index contributed by atoms with van der Waals surface area (Å²) < 4.78 is 11.5. The number of rotatable bonds is 7. The van der Waals surface area contributed by atoms with Gasteiger partial charge in [-0.25, -0.2) is 0 Å². The first-order chi connectivity index (χ1) is 17.7. The Morgan fingerprint density at radius 1 is 0.974 bits per heavy atom. The largest absolute Gasteiger partial charge is 0.459 e. The fourth-order valence-corrected chi connectivity index (χ4v) is 9.32. The molecule has 38 heavy (non-hydrogen) atoms. The highest BCUT2D eigenvalue weighted by atomic mass is 16.6. The Bertz CT molecular complexity index is 929. The average molecular weight is 535 g/mol.